The minimum Gasteiger partial charge on any atom is -0.367 e. The number of carbonyl (C=O) groups is 1. The molecule has 0 spiro atoms. The van der Waals surface area contributed by atoms with Crippen molar-refractivity contribution < 1.29 is 22.7 Å². The number of fused-ring (bicyclic) bond motifs is 1. The molecule has 10 heteroatoms. The summed E-state index contributed by atoms with van der Waals surface area (Å²) >= 11 is 0. The van der Waals surface area contributed by atoms with Crippen molar-refractivity contribution in [3.8, 4) is 0 Å². The zero-order chi connectivity index (χ0) is 22.4. The molecule has 0 aliphatic rings. The van der Waals surface area contributed by atoms with E-state index in [2.05, 4.69) is 15.0 Å². The Morgan fingerprint density at radius 3 is 2.42 bits per heavy atom. The normalized spacial score (nSPS) is 11.6. The largest absolute Gasteiger partial charge is 0.411 e. The Kier molecular flexibility index (Phi) is 6.91. The van der Waals surface area contributed by atoms with Gasteiger partial charge in [0.2, 0.25) is 5.91 Å². The number of amides is 1. The lowest BCUT2D eigenvalue weighted by atomic mass is 10.1. The van der Waals surface area contributed by atoms with Gasteiger partial charge < -0.3 is 10.1 Å². The number of aromatic nitrogens is 2. The maximum Gasteiger partial charge on any atom is 0.411 e. The summed E-state index contributed by atoms with van der Waals surface area (Å²) in [5.41, 5.74) is 0.740. The molecule has 3 rings (SSSR count). The minimum absolute atomic E-state index is 0.0271. The highest BCUT2D eigenvalue weighted by atomic mass is 19.4. The van der Waals surface area contributed by atoms with Gasteiger partial charge >= 0.3 is 11.9 Å². The fourth-order valence-corrected chi connectivity index (χ4v) is 3.00. The van der Waals surface area contributed by atoms with Crippen LogP contribution in [0.25, 0.3) is 10.9 Å². The van der Waals surface area contributed by atoms with Crippen LogP contribution in [-0.2, 0) is 29.2 Å². The van der Waals surface area contributed by atoms with Gasteiger partial charge in [-0.3, -0.25) is 19.1 Å². The molecule has 3 aromatic rings. The van der Waals surface area contributed by atoms with Gasteiger partial charge in [-0.05, 0) is 23.3 Å². The molecule has 1 amide bonds. The number of nitrogens with zero attached hydrogens (tertiary/aromatic N) is 1. The van der Waals surface area contributed by atoms with Crippen molar-refractivity contribution in [1.82, 2.24) is 14.9 Å². The second-order valence-corrected chi connectivity index (χ2v) is 6.88. The number of aryl methyl sites for hydroxylation is 1. The fourth-order valence-electron chi connectivity index (χ4n) is 3.00. The number of halogens is 3. The quantitative estimate of drug-likeness (QED) is 0.569. The van der Waals surface area contributed by atoms with Gasteiger partial charge in [0.25, 0.3) is 5.56 Å². The topological polar surface area (TPSA) is 93.2 Å². The molecular weight excluding hydrogens is 415 g/mol. The monoisotopic (exact) mass is 435 g/mol. The van der Waals surface area contributed by atoms with Crippen LogP contribution >= 0.6 is 0 Å². The van der Waals surface area contributed by atoms with Crippen molar-refractivity contribution in [2.75, 3.05) is 6.61 Å². The molecule has 0 saturated carbocycles. The molecule has 0 atom stereocenters. The second kappa shape index (κ2) is 9.61. The summed E-state index contributed by atoms with van der Waals surface area (Å²) in [6.07, 6.45) is -4.34. The third-order valence-electron chi connectivity index (χ3n) is 4.51. The number of alkyl halides is 3. The molecule has 31 heavy (non-hydrogen) atoms. The second-order valence-electron chi connectivity index (χ2n) is 6.88. The predicted molar refractivity (Wildman–Crippen MR) is 107 cm³/mol. The Bertz CT molecular complexity index is 1170. The van der Waals surface area contributed by atoms with Crippen molar-refractivity contribution in [2.24, 2.45) is 0 Å². The lowest BCUT2D eigenvalue weighted by Crippen LogP contribution is -2.32. The first-order valence-corrected chi connectivity index (χ1v) is 9.44. The number of hydrogen-bond acceptors (Lipinski definition) is 4. The third-order valence-corrected chi connectivity index (χ3v) is 4.51. The number of aromatic amines is 1. The van der Waals surface area contributed by atoms with E-state index in [1.165, 1.54) is 4.57 Å². The first-order chi connectivity index (χ1) is 14.7. The highest BCUT2D eigenvalue weighted by Gasteiger charge is 2.27. The Balaban J connectivity index is 1.52. The molecule has 0 saturated heterocycles. The molecule has 2 N–H and O–H groups in total. The van der Waals surface area contributed by atoms with E-state index >= 15 is 0 Å². The summed E-state index contributed by atoms with van der Waals surface area (Å²) < 4.78 is 42.2. The van der Waals surface area contributed by atoms with Crippen molar-refractivity contribution in [3.05, 3.63) is 80.5 Å². The molecule has 2 aromatic carbocycles. The van der Waals surface area contributed by atoms with Gasteiger partial charge in [-0.25, -0.2) is 4.79 Å². The first-order valence-electron chi connectivity index (χ1n) is 9.44. The number of H-pyrrole nitrogens is 1. The highest BCUT2D eigenvalue weighted by molar-refractivity contribution is 5.78. The standard InChI is InChI=1S/C21H20F3N3O4/c22-21(23,24)13-31-12-15-7-5-14(6-8-15)11-25-18(28)9-10-27-17-4-2-1-3-16(17)19(29)26-20(27)30/h1-8H,9-13H2,(H,25,28)(H,26,29,30). The molecule has 7 nitrogen and oxygen atoms in total. The van der Waals surface area contributed by atoms with Crippen LogP contribution in [-0.4, -0.2) is 28.2 Å². The molecule has 1 aromatic heterocycles. The smallest absolute Gasteiger partial charge is 0.367 e. The van der Waals surface area contributed by atoms with Crippen LogP contribution in [0.15, 0.2) is 58.1 Å². The Morgan fingerprint density at radius 2 is 1.71 bits per heavy atom. The van der Waals surface area contributed by atoms with Crippen LogP contribution in [0, 0.1) is 0 Å². The number of nitrogens with one attached hydrogen (secondary N) is 2. The summed E-state index contributed by atoms with van der Waals surface area (Å²) in [6.45, 7) is -1.15. The van der Waals surface area contributed by atoms with Gasteiger partial charge in [-0.1, -0.05) is 36.4 Å². The average molecular weight is 435 g/mol. The SMILES string of the molecule is O=C(CCn1c(=O)[nH]c(=O)c2ccccc21)NCc1ccc(COCC(F)(F)F)cc1. The fraction of sp³-hybridized carbons (Fsp3) is 0.286. The lowest BCUT2D eigenvalue weighted by Gasteiger charge is -2.10. The van der Waals surface area contributed by atoms with Crippen LogP contribution in [0.2, 0.25) is 0 Å². The van der Waals surface area contributed by atoms with E-state index < -0.39 is 24.0 Å². The van der Waals surface area contributed by atoms with Crippen LogP contribution in [0.4, 0.5) is 13.2 Å². The van der Waals surface area contributed by atoms with Gasteiger partial charge in [0.15, 0.2) is 0 Å². The molecule has 0 aliphatic heterocycles. The molecule has 0 bridgehead atoms. The summed E-state index contributed by atoms with van der Waals surface area (Å²) in [7, 11) is 0. The number of para-hydroxylation sites is 1. The number of hydrogen-bond donors (Lipinski definition) is 2. The summed E-state index contributed by atoms with van der Waals surface area (Å²) in [5, 5.41) is 3.09. The van der Waals surface area contributed by atoms with Crippen molar-refractivity contribution in [1.29, 1.82) is 0 Å². The molecule has 0 aliphatic carbocycles. The van der Waals surface area contributed by atoms with Crippen molar-refractivity contribution in [2.45, 2.75) is 32.3 Å². The molecule has 164 valence electrons. The summed E-state index contributed by atoms with van der Waals surface area (Å²) in [4.78, 5) is 38.4. The van der Waals surface area contributed by atoms with Crippen molar-refractivity contribution >= 4 is 16.8 Å². The van der Waals surface area contributed by atoms with E-state index in [-0.39, 0.29) is 32.0 Å². The van der Waals surface area contributed by atoms with Crippen LogP contribution in [0.3, 0.4) is 0 Å². The first kappa shape index (κ1) is 22.3. The summed E-state index contributed by atoms with van der Waals surface area (Å²) in [6, 6.07) is 13.3. The van der Waals surface area contributed by atoms with E-state index in [1.807, 2.05) is 0 Å². The van der Waals surface area contributed by atoms with Gasteiger partial charge in [-0.2, -0.15) is 13.2 Å². The van der Waals surface area contributed by atoms with Gasteiger partial charge in [-0.15, -0.1) is 0 Å². The maximum absolute atomic E-state index is 12.2. The van der Waals surface area contributed by atoms with E-state index in [0.29, 0.717) is 16.5 Å². The Morgan fingerprint density at radius 1 is 1.03 bits per heavy atom. The van der Waals surface area contributed by atoms with Crippen LogP contribution in [0.1, 0.15) is 17.5 Å². The zero-order valence-corrected chi connectivity index (χ0v) is 16.4. The van der Waals surface area contributed by atoms with Gasteiger partial charge in [0.05, 0.1) is 17.5 Å². The molecule has 0 unspecified atom stereocenters. The Hall–Kier alpha value is -3.40. The lowest BCUT2D eigenvalue weighted by molar-refractivity contribution is -0.176. The van der Waals surface area contributed by atoms with Crippen molar-refractivity contribution in [3.63, 3.8) is 0 Å². The van der Waals surface area contributed by atoms with Gasteiger partial charge in [0.1, 0.15) is 6.61 Å². The van der Waals surface area contributed by atoms with Crippen LogP contribution in [0.5, 0.6) is 0 Å². The van der Waals surface area contributed by atoms with Gasteiger partial charge in [0, 0.05) is 19.5 Å². The minimum atomic E-state index is -4.36. The maximum atomic E-state index is 12.2. The summed E-state index contributed by atoms with van der Waals surface area (Å²) in [5.74, 6) is -0.292. The predicted octanol–water partition coefficient (Wildman–Crippen LogP) is 2.48. The highest BCUT2D eigenvalue weighted by Crippen LogP contribution is 2.16. The van der Waals surface area contributed by atoms with E-state index in [1.54, 1.807) is 48.5 Å². The molecular formula is C21H20F3N3O4. The number of ether oxygens (including phenoxy) is 1. The third kappa shape index (κ3) is 6.29. The van der Waals surface area contributed by atoms with Crippen LogP contribution < -0.4 is 16.6 Å². The zero-order valence-electron chi connectivity index (χ0n) is 16.4. The number of benzene rings is 2. The number of rotatable bonds is 8. The van der Waals surface area contributed by atoms with E-state index in [4.69, 9.17) is 0 Å². The molecule has 0 fully saturated rings. The molecule has 1 heterocycles. The number of carbonyl (C=O) groups excluding carboxylic acids is 1. The Labute approximate surface area is 174 Å². The van der Waals surface area contributed by atoms with E-state index in [0.717, 1.165) is 5.56 Å². The molecule has 0 radical (unpaired) electrons. The average Bonchev–Trinajstić information content (AvgIpc) is 2.72. The van der Waals surface area contributed by atoms with E-state index in [9.17, 15) is 27.6 Å².